The molecule has 4 fully saturated rings. The zero-order valence-electron chi connectivity index (χ0n) is 11.1. The van der Waals surface area contributed by atoms with Crippen molar-refractivity contribution in [3.63, 3.8) is 0 Å². The summed E-state index contributed by atoms with van der Waals surface area (Å²) in [4.78, 5) is 12.0. The quantitative estimate of drug-likeness (QED) is 0.715. The van der Waals surface area contributed by atoms with Crippen LogP contribution in [-0.4, -0.2) is 29.3 Å². The molecule has 18 heavy (non-hydrogen) atoms. The van der Waals surface area contributed by atoms with Gasteiger partial charge in [0, 0.05) is 5.54 Å². The Morgan fingerprint density at radius 2 is 1.72 bits per heavy atom. The highest BCUT2D eigenvalue weighted by molar-refractivity contribution is 5.75. The first-order valence-corrected chi connectivity index (χ1v) is 7.28. The topological polar surface area (TPSA) is 61.4 Å². The number of urea groups is 1. The molecular formula is C14H24N2O2. The lowest BCUT2D eigenvalue weighted by atomic mass is 9.53. The van der Waals surface area contributed by atoms with Crippen molar-refractivity contribution in [3.8, 4) is 0 Å². The number of nitrogens with one attached hydrogen (secondary N) is 2. The summed E-state index contributed by atoms with van der Waals surface area (Å²) in [6.45, 7) is 1.81. The largest absolute Gasteiger partial charge is 0.394 e. The maximum Gasteiger partial charge on any atom is 0.315 e. The molecule has 0 heterocycles. The molecule has 0 saturated heterocycles. The molecule has 2 amide bonds. The predicted molar refractivity (Wildman–Crippen MR) is 69.1 cm³/mol. The molecule has 4 bridgehead atoms. The summed E-state index contributed by atoms with van der Waals surface area (Å²) in [6.07, 6.45) is 7.65. The summed E-state index contributed by atoms with van der Waals surface area (Å²) in [5.41, 5.74) is 0.0635. The molecule has 1 atom stereocenters. The number of hydrogen-bond acceptors (Lipinski definition) is 2. The molecule has 4 heteroatoms. The SMILES string of the molecule is C[C@H](CO)NC(=O)NC12CC3CC(CC(C3)C1)C2. The monoisotopic (exact) mass is 252 g/mol. The Morgan fingerprint density at radius 1 is 1.22 bits per heavy atom. The molecule has 0 aromatic carbocycles. The second kappa shape index (κ2) is 4.41. The van der Waals surface area contributed by atoms with Gasteiger partial charge in [-0.1, -0.05) is 0 Å². The third-order valence-corrected chi connectivity index (χ3v) is 5.07. The first kappa shape index (κ1) is 12.3. The van der Waals surface area contributed by atoms with Crippen LogP contribution in [0.15, 0.2) is 0 Å². The highest BCUT2D eigenvalue weighted by atomic mass is 16.3. The summed E-state index contributed by atoms with van der Waals surface area (Å²) in [7, 11) is 0. The van der Waals surface area contributed by atoms with Crippen molar-refractivity contribution in [2.24, 2.45) is 17.8 Å². The van der Waals surface area contributed by atoms with E-state index in [1.165, 1.54) is 38.5 Å². The Balaban J connectivity index is 1.63. The average molecular weight is 252 g/mol. The molecule has 3 N–H and O–H groups in total. The van der Waals surface area contributed by atoms with Crippen LogP contribution in [0, 0.1) is 17.8 Å². The number of carbonyl (C=O) groups is 1. The first-order chi connectivity index (χ1) is 8.58. The zero-order chi connectivity index (χ0) is 12.8. The summed E-state index contributed by atoms with van der Waals surface area (Å²) < 4.78 is 0. The van der Waals surface area contributed by atoms with Gasteiger partial charge in [-0.05, 0) is 63.2 Å². The number of amides is 2. The lowest BCUT2D eigenvalue weighted by molar-refractivity contribution is -0.0137. The fourth-order valence-electron chi connectivity index (χ4n) is 4.81. The van der Waals surface area contributed by atoms with Gasteiger partial charge in [0.2, 0.25) is 0 Å². The average Bonchev–Trinajstić information content (AvgIpc) is 2.25. The molecule has 102 valence electrons. The van der Waals surface area contributed by atoms with Gasteiger partial charge in [-0.3, -0.25) is 0 Å². The second-order valence-corrected chi connectivity index (χ2v) is 6.88. The van der Waals surface area contributed by atoms with Crippen molar-refractivity contribution >= 4 is 6.03 Å². The molecule has 0 aromatic rings. The summed E-state index contributed by atoms with van der Waals surface area (Å²) in [6, 6.07) is -0.266. The van der Waals surface area contributed by atoms with Crippen molar-refractivity contribution < 1.29 is 9.90 Å². The van der Waals surface area contributed by atoms with E-state index < -0.39 is 0 Å². The summed E-state index contributed by atoms with van der Waals surface area (Å²) >= 11 is 0. The minimum atomic E-state index is -0.168. The number of rotatable bonds is 3. The van der Waals surface area contributed by atoms with Crippen molar-refractivity contribution in [2.45, 2.75) is 57.0 Å². The van der Waals surface area contributed by atoms with Gasteiger partial charge in [0.05, 0.1) is 12.6 Å². The van der Waals surface area contributed by atoms with Crippen LogP contribution >= 0.6 is 0 Å². The van der Waals surface area contributed by atoms with E-state index in [0.29, 0.717) is 0 Å². The minimum absolute atomic E-state index is 0.00566. The van der Waals surface area contributed by atoms with Gasteiger partial charge in [0.25, 0.3) is 0 Å². The normalized spacial score (nSPS) is 42.7. The Labute approximate surface area is 109 Å². The smallest absolute Gasteiger partial charge is 0.315 e. The fraction of sp³-hybridized carbons (Fsp3) is 0.929. The second-order valence-electron chi connectivity index (χ2n) is 6.88. The van der Waals surface area contributed by atoms with Crippen molar-refractivity contribution in [1.29, 1.82) is 0 Å². The standard InChI is InChI=1S/C14H24N2O2/c1-9(8-17)15-13(18)16-14-5-10-2-11(6-14)4-12(3-10)7-14/h9-12,17H,2-8H2,1H3,(H2,15,16,18)/t9-,10?,11?,12?,14?/m1/s1. The number of aliphatic hydroxyl groups excluding tert-OH is 1. The van der Waals surface area contributed by atoms with Crippen LogP contribution in [0.5, 0.6) is 0 Å². The number of carbonyl (C=O) groups excluding carboxylic acids is 1. The predicted octanol–water partition coefficient (Wildman–Crippen LogP) is 1.64. The van der Waals surface area contributed by atoms with Crippen LogP contribution in [0.3, 0.4) is 0 Å². The molecule has 4 rings (SSSR count). The molecule has 0 spiro atoms. The summed E-state index contributed by atoms with van der Waals surface area (Å²) in [5.74, 6) is 2.52. The van der Waals surface area contributed by atoms with E-state index in [9.17, 15) is 4.79 Å². The van der Waals surface area contributed by atoms with Gasteiger partial charge in [0.1, 0.15) is 0 Å². The van der Waals surface area contributed by atoms with Crippen LogP contribution in [0.2, 0.25) is 0 Å². The molecular weight excluding hydrogens is 228 g/mol. The van der Waals surface area contributed by atoms with E-state index in [1.807, 2.05) is 6.92 Å². The molecule has 0 aliphatic heterocycles. The highest BCUT2D eigenvalue weighted by Crippen LogP contribution is 2.55. The van der Waals surface area contributed by atoms with Crippen LogP contribution < -0.4 is 10.6 Å². The van der Waals surface area contributed by atoms with Crippen LogP contribution in [0.4, 0.5) is 4.79 Å². The molecule has 4 aliphatic carbocycles. The van der Waals surface area contributed by atoms with Gasteiger partial charge in [-0.2, -0.15) is 0 Å². The summed E-state index contributed by atoms with van der Waals surface area (Å²) in [5, 5.41) is 15.0. The molecule has 0 radical (unpaired) electrons. The van der Waals surface area contributed by atoms with E-state index in [0.717, 1.165) is 17.8 Å². The van der Waals surface area contributed by atoms with Crippen LogP contribution in [-0.2, 0) is 0 Å². The van der Waals surface area contributed by atoms with Crippen LogP contribution in [0.25, 0.3) is 0 Å². The van der Waals surface area contributed by atoms with E-state index >= 15 is 0 Å². The molecule has 4 saturated carbocycles. The Morgan fingerprint density at radius 3 is 2.17 bits per heavy atom. The van der Waals surface area contributed by atoms with Crippen LogP contribution in [0.1, 0.15) is 45.4 Å². The van der Waals surface area contributed by atoms with E-state index in [1.54, 1.807) is 0 Å². The minimum Gasteiger partial charge on any atom is -0.394 e. The zero-order valence-corrected chi connectivity index (χ0v) is 11.1. The van der Waals surface area contributed by atoms with Gasteiger partial charge in [-0.25, -0.2) is 4.79 Å². The van der Waals surface area contributed by atoms with E-state index in [2.05, 4.69) is 10.6 Å². The Hall–Kier alpha value is -0.770. The molecule has 0 unspecified atom stereocenters. The van der Waals surface area contributed by atoms with E-state index in [4.69, 9.17) is 5.11 Å². The molecule has 4 aliphatic rings. The fourth-order valence-corrected chi connectivity index (χ4v) is 4.81. The van der Waals surface area contributed by atoms with Gasteiger partial charge >= 0.3 is 6.03 Å². The van der Waals surface area contributed by atoms with Gasteiger partial charge in [-0.15, -0.1) is 0 Å². The third kappa shape index (κ3) is 2.22. The van der Waals surface area contributed by atoms with E-state index in [-0.39, 0.29) is 24.2 Å². The lowest BCUT2D eigenvalue weighted by Crippen LogP contribution is -2.62. The van der Waals surface area contributed by atoms with Gasteiger partial charge in [0.15, 0.2) is 0 Å². The first-order valence-electron chi connectivity index (χ1n) is 7.28. The molecule has 4 nitrogen and oxygen atoms in total. The van der Waals surface area contributed by atoms with Crippen molar-refractivity contribution in [1.82, 2.24) is 10.6 Å². The van der Waals surface area contributed by atoms with Gasteiger partial charge < -0.3 is 15.7 Å². The maximum absolute atomic E-state index is 12.0. The maximum atomic E-state index is 12.0. The Kier molecular flexibility index (Phi) is 3.00. The molecule has 0 aromatic heterocycles. The third-order valence-electron chi connectivity index (χ3n) is 5.07. The van der Waals surface area contributed by atoms with Crippen molar-refractivity contribution in [2.75, 3.05) is 6.61 Å². The lowest BCUT2D eigenvalue weighted by Gasteiger charge is -2.56. The highest BCUT2D eigenvalue weighted by Gasteiger charge is 2.51. The number of aliphatic hydroxyl groups is 1. The van der Waals surface area contributed by atoms with Crippen molar-refractivity contribution in [3.05, 3.63) is 0 Å². The number of hydrogen-bond donors (Lipinski definition) is 3. The Bertz CT molecular complexity index is 307.